The van der Waals surface area contributed by atoms with Gasteiger partial charge in [0.05, 0.1) is 12.6 Å². The molecular weight excluding hydrogens is 223 g/mol. The third-order valence-electron chi connectivity index (χ3n) is 2.75. The Balaban J connectivity index is 1.82. The van der Waals surface area contributed by atoms with Crippen molar-refractivity contribution in [1.29, 1.82) is 0 Å². The summed E-state index contributed by atoms with van der Waals surface area (Å²) in [5.74, 6) is 0. The molecule has 0 aliphatic carbocycles. The number of carbonyl (C=O) groups is 1. The molecule has 0 aromatic heterocycles. The minimum Gasteiger partial charge on any atom is -0.445 e. The summed E-state index contributed by atoms with van der Waals surface area (Å²) in [6.45, 7) is 0.436. The number of alkyl halides is 1. The largest absolute Gasteiger partial charge is 0.445 e. The summed E-state index contributed by atoms with van der Waals surface area (Å²) < 4.78 is 18.2. The van der Waals surface area contributed by atoms with Gasteiger partial charge in [0.15, 0.2) is 0 Å². The quantitative estimate of drug-likeness (QED) is 0.845. The first kappa shape index (κ1) is 11.9. The highest BCUT2D eigenvalue weighted by atomic mass is 19.1. The Kier molecular flexibility index (Phi) is 3.58. The second-order valence-corrected chi connectivity index (χ2v) is 4.13. The number of benzene rings is 1. The van der Waals surface area contributed by atoms with Crippen LogP contribution in [0, 0.1) is 0 Å². The van der Waals surface area contributed by atoms with Crippen LogP contribution < -0.4 is 5.73 Å². The molecule has 0 saturated carbocycles. The first-order valence-electron chi connectivity index (χ1n) is 5.52. The van der Waals surface area contributed by atoms with E-state index in [1.807, 2.05) is 30.3 Å². The van der Waals surface area contributed by atoms with E-state index in [1.54, 1.807) is 0 Å². The van der Waals surface area contributed by atoms with Crippen molar-refractivity contribution in [3.63, 3.8) is 0 Å². The molecule has 0 bridgehead atoms. The standard InChI is InChI=1S/C12H15FN2O2/c13-10-6-15(7-11(10)14)12(16)17-8-9-4-2-1-3-5-9/h1-5,10-11H,6-8,14H2/t10-,11-/m1/s1. The Morgan fingerprint density at radius 2 is 2.12 bits per heavy atom. The lowest BCUT2D eigenvalue weighted by molar-refractivity contribution is 0.102. The molecule has 1 saturated heterocycles. The second kappa shape index (κ2) is 5.14. The summed E-state index contributed by atoms with van der Waals surface area (Å²) in [5, 5.41) is 0. The number of nitrogens with zero attached hydrogens (tertiary/aromatic N) is 1. The Labute approximate surface area is 99.2 Å². The van der Waals surface area contributed by atoms with Crippen molar-refractivity contribution in [1.82, 2.24) is 4.90 Å². The van der Waals surface area contributed by atoms with E-state index in [1.165, 1.54) is 4.90 Å². The summed E-state index contributed by atoms with van der Waals surface area (Å²) in [5.41, 5.74) is 6.39. The third kappa shape index (κ3) is 2.94. The second-order valence-electron chi connectivity index (χ2n) is 4.13. The number of carbonyl (C=O) groups excluding carboxylic acids is 1. The van der Waals surface area contributed by atoms with Crippen LogP contribution in [-0.4, -0.2) is 36.3 Å². The van der Waals surface area contributed by atoms with Crippen molar-refractivity contribution in [2.24, 2.45) is 5.73 Å². The zero-order valence-corrected chi connectivity index (χ0v) is 9.38. The number of likely N-dealkylation sites (tertiary alicyclic amines) is 1. The van der Waals surface area contributed by atoms with Gasteiger partial charge in [-0.05, 0) is 5.56 Å². The van der Waals surface area contributed by atoms with Crippen LogP contribution in [0.1, 0.15) is 5.56 Å². The van der Waals surface area contributed by atoms with Gasteiger partial charge in [-0.25, -0.2) is 9.18 Å². The lowest BCUT2D eigenvalue weighted by Crippen LogP contribution is -2.32. The first-order valence-corrected chi connectivity index (χ1v) is 5.52. The van der Waals surface area contributed by atoms with Gasteiger partial charge in [0.1, 0.15) is 12.8 Å². The first-order chi connectivity index (χ1) is 8.16. The van der Waals surface area contributed by atoms with Crippen molar-refractivity contribution in [2.75, 3.05) is 13.1 Å². The molecule has 1 aromatic carbocycles. The van der Waals surface area contributed by atoms with Crippen molar-refractivity contribution >= 4 is 6.09 Å². The van der Waals surface area contributed by atoms with Crippen LogP contribution in [0.3, 0.4) is 0 Å². The van der Waals surface area contributed by atoms with E-state index in [0.717, 1.165) is 5.56 Å². The summed E-state index contributed by atoms with van der Waals surface area (Å²) in [4.78, 5) is 12.9. The minimum atomic E-state index is -1.15. The van der Waals surface area contributed by atoms with Crippen LogP contribution in [-0.2, 0) is 11.3 Å². The number of hydrogen-bond donors (Lipinski definition) is 1. The molecule has 0 spiro atoms. The minimum absolute atomic E-state index is 0.0226. The van der Waals surface area contributed by atoms with E-state index >= 15 is 0 Å². The summed E-state index contributed by atoms with van der Waals surface area (Å²) in [6, 6.07) is 8.75. The Hall–Kier alpha value is -1.62. The molecule has 4 nitrogen and oxygen atoms in total. The van der Waals surface area contributed by atoms with Crippen LogP contribution in [0.5, 0.6) is 0 Å². The zero-order valence-electron chi connectivity index (χ0n) is 9.38. The van der Waals surface area contributed by atoms with Gasteiger partial charge in [0, 0.05) is 6.54 Å². The molecule has 2 N–H and O–H groups in total. The maximum atomic E-state index is 13.1. The van der Waals surface area contributed by atoms with E-state index < -0.39 is 18.3 Å². The average molecular weight is 238 g/mol. The van der Waals surface area contributed by atoms with Crippen LogP contribution in [0.15, 0.2) is 30.3 Å². The van der Waals surface area contributed by atoms with Gasteiger partial charge in [-0.2, -0.15) is 0 Å². The van der Waals surface area contributed by atoms with Crippen LogP contribution in [0.2, 0.25) is 0 Å². The highest BCUT2D eigenvalue weighted by molar-refractivity contribution is 5.68. The maximum absolute atomic E-state index is 13.1. The van der Waals surface area contributed by atoms with E-state index in [4.69, 9.17) is 10.5 Å². The average Bonchev–Trinajstić information content (AvgIpc) is 2.68. The highest BCUT2D eigenvalue weighted by Gasteiger charge is 2.33. The van der Waals surface area contributed by atoms with E-state index in [9.17, 15) is 9.18 Å². The zero-order chi connectivity index (χ0) is 12.3. The summed E-state index contributed by atoms with van der Waals surface area (Å²) in [7, 11) is 0. The van der Waals surface area contributed by atoms with Gasteiger partial charge in [-0.15, -0.1) is 0 Å². The fourth-order valence-corrected chi connectivity index (χ4v) is 1.75. The molecule has 1 heterocycles. The molecule has 2 rings (SSSR count). The van der Waals surface area contributed by atoms with Crippen molar-refractivity contribution in [3.05, 3.63) is 35.9 Å². The van der Waals surface area contributed by atoms with E-state index in [2.05, 4.69) is 0 Å². The number of amides is 1. The Bertz CT molecular complexity index is 375. The normalized spacial score (nSPS) is 23.8. The predicted octanol–water partition coefficient (Wildman–Crippen LogP) is 1.30. The van der Waals surface area contributed by atoms with Crippen LogP contribution in [0.25, 0.3) is 0 Å². The molecule has 0 unspecified atom stereocenters. The topological polar surface area (TPSA) is 55.6 Å². The van der Waals surface area contributed by atoms with Gasteiger partial charge >= 0.3 is 6.09 Å². The van der Waals surface area contributed by atoms with Crippen molar-refractivity contribution < 1.29 is 13.9 Å². The van der Waals surface area contributed by atoms with Gasteiger partial charge in [0.2, 0.25) is 0 Å². The smallest absolute Gasteiger partial charge is 0.410 e. The number of ether oxygens (including phenoxy) is 1. The van der Waals surface area contributed by atoms with E-state index in [-0.39, 0.29) is 19.7 Å². The Morgan fingerprint density at radius 3 is 2.71 bits per heavy atom. The molecule has 1 fully saturated rings. The molecule has 1 aliphatic heterocycles. The number of halogens is 1. The Morgan fingerprint density at radius 1 is 1.41 bits per heavy atom. The molecular formula is C12H15FN2O2. The van der Waals surface area contributed by atoms with Gasteiger partial charge in [0.25, 0.3) is 0 Å². The SMILES string of the molecule is N[C@@H]1CN(C(=O)OCc2ccccc2)C[C@H]1F. The van der Waals surface area contributed by atoms with Crippen molar-refractivity contribution in [3.8, 4) is 0 Å². The van der Waals surface area contributed by atoms with Crippen LogP contribution in [0.4, 0.5) is 9.18 Å². The summed E-state index contributed by atoms with van der Waals surface area (Å²) >= 11 is 0. The van der Waals surface area contributed by atoms with Crippen LogP contribution >= 0.6 is 0 Å². The number of rotatable bonds is 2. The molecule has 92 valence electrons. The molecule has 5 heteroatoms. The monoisotopic (exact) mass is 238 g/mol. The summed E-state index contributed by atoms with van der Waals surface area (Å²) in [6.07, 6.45) is -1.66. The number of hydrogen-bond acceptors (Lipinski definition) is 3. The predicted molar refractivity (Wildman–Crippen MR) is 61.1 cm³/mol. The maximum Gasteiger partial charge on any atom is 0.410 e. The number of nitrogens with two attached hydrogens (primary N) is 1. The van der Waals surface area contributed by atoms with E-state index in [0.29, 0.717) is 0 Å². The molecule has 2 atom stereocenters. The van der Waals surface area contributed by atoms with Gasteiger partial charge in [-0.1, -0.05) is 30.3 Å². The fourth-order valence-electron chi connectivity index (χ4n) is 1.75. The van der Waals surface area contributed by atoms with Crippen molar-refractivity contribution in [2.45, 2.75) is 18.8 Å². The molecule has 1 aromatic rings. The molecule has 1 aliphatic rings. The van der Waals surface area contributed by atoms with Gasteiger partial charge in [-0.3, -0.25) is 0 Å². The molecule has 1 amide bonds. The highest BCUT2D eigenvalue weighted by Crippen LogP contribution is 2.13. The molecule has 0 radical (unpaired) electrons. The molecule has 17 heavy (non-hydrogen) atoms. The van der Waals surface area contributed by atoms with Gasteiger partial charge < -0.3 is 15.4 Å². The third-order valence-corrected chi connectivity index (χ3v) is 2.75. The lowest BCUT2D eigenvalue weighted by Gasteiger charge is -2.15. The fraction of sp³-hybridized carbons (Fsp3) is 0.417. The lowest BCUT2D eigenvalue weighted by atomic mass is 10.2.